The first-order chi connectivity index (χ1) is 14.1. The number of benzene rings is 2. The molecule has 160 valence electrons. The lowest BCUT2D eigenvalue weighted by Gasteiger charge is -2.40. The molecule has 3 atom stereocenters. The summed E-state index contributed by atoms with van der Waals surface area (Å²) in [6, 6.07) is 1.85. The van der Waals surface area contributed by atoms with Gasteiger partial charge in [0.25, 0.3) is 0 Å². The number of rotatable bonds is 2. The normalized spacial score (nSPS) is 23.6. The summed E-state index contributed by atoms with van der Waals surface area (Å²) in [4.78, 5) is 0. The van der Waals surface area contributed by atoms with Gasteiger partial charge in [0, 0.05) is 0 Å². The van der Waals surface area contributed by atoms with E-state index in [0.717, 1.165) is 19.3 Å². The third-order valence-corrected chi connectivity index (χ3v) is 6.49. The van der Waals surface area contributed by atoms with Crippen molar-refractivity contribution in [1.29, 1.82) is 0 Å². The molecular formula is C23H19F7. The zero-order chi connectivity index (χ0) is 21.8. The molecular weight excluding hydrogens is 409 g/mol. The fourth-order valence-electron chi connectivity index (χ4n) is 5.09. The predicted octanol–water partition coefficient (Wildman–Crippen LogP) is 7.56. The molecule has 0 aromatic heterocycles. The average Bonchev–Trinajstić information content (AvgIpc) is 2.65. The van der Waals surface area contributed by atoms with Gasteiger partial charge in [-0.2, -0.15) is 13.2 Å². The molecule has 0 heterocycles. The molecule has 2 aliphatic rings. The molecule has 30 heavy (non-hydrogen) atoms. The predicted molar refractivity (Wildman–Crippen MR) is 98.8 cm³/mol. The Morgan fingerprint density at radius 2 is 1.57 bits per heavy atom. The van der Waals surface area contributed by atoms with Crippen molar-refractivity contribution >= 4 is 0 Å². The minimum Gasteiger partial charge on any atom is -0.206 e. The van der Waals surface area contributed by atoms with Crippen LogP contribution in [0.5, 0.6) is 0 Å². The van der Waals surface area contributed by atoms with Gasteiger partial charge in [0.15, 0.2) is 0 Å². The molecule has 3 unspecified atom stereocenters. The molecule has 7 heteroatoms. The Balaban J connectivity index is 1.79. The van der Waals surface area contributed by atoms with Gasteiger partial charge < -0.3 is 0 Å². The Morgan fingerprint density at radius 1 is 0.900 bits per heavy atom. The molecule has 0 aliphatic heterocycles. The van der Waals surface area contributed by atoms with Crippen molar-refractivity contribution in [3.8, 4) is 11.1 Å². The van der Waals surface area contributed by atoms with Crippen LogP contribution < -0.4 is 0 Å². The zero-order valence-corrected chi connectivity index (χ0v) is 15.9. The number of hydrogen-bond acceptors (Lipinski definition) is 0. The fourth-order valence-corrected chi connectivity index (χ4v) is 5.09. The van der Waals surface area contributed by atoms with Crippen molar-refractivity contribution in [1.82, 2.24) is 0 Å². The summed E-state index contributed by atoms with van der Waals surface area (Å²) < 4.78 is 96.5. The maximum atomic E-state index is 15.3. The molecule has 1 saturated carbocycles. The molecule has 4 rings (SSSR count). The van der Waals surface area contributed by atoms with Crippen LogP contribution in [-0.4, -0.2) is 0 Å². The summed E-state index contributed by atoms with van der Waals surface area (Å²) in [5.74, 6) is -5.15. The van der Waals surface area contributed by atoms with Crippen molar-refractivity contribution in [3.05, 3.63) is 70.8 Å². The zero-order valence-electron chi connectivity index (χ0n) is 15.9. The Hall–Kier alpha value is -2.31. The van der Waals surface area contributed by atoms with Gasteiger partial charge in [0.2, 0.25) is 0 Å². The van der Waals surface area contributed by atoms with Crippen LogP contribution >= 0.6 is 0 Å². The Morgan fingerprint density at radius 3 is 2.17 bits per heavy atom. The van der Waals surface area contributed by atoms with E-state index in [-0.39, 0.29) is 17.4 Å². The van der Waals surface area contributed by atoms with Crippen molar-refractivity contribution in [2.24, 2.45) is 11.8 Å². The van der Waals surface area contributed by atoms with Gasteiger partial charge in [0.05, 0.1) is 5.56 Å². The summed E-state index contributed by atoms with van der Waals surface area (Å²) in [6.07, 6.45) is 0.210. The van der Waals surface area contributed by atoms with E-state index in [4.69, 9.17) is 0 Å². The largest absolute Gasteiger partial charge is 0.422 e. The van der Waals surface area contributed by atoms with Crippen molar-refractivity contribution in [3.63, 3.8) is 0 Å². The second kappa shape index (κ2) is 7.43. The van der Waals surface area contributed by atoms with Gasteiger partial charge in [-0.3, -0.25) is 0 Å². The number of hydrogen-bond donors (Lipinski definition) is 0. The molecule has 0 saturated heterocycles. The van der Waals surface area contributed by atoms with E-state index >= 15 is 4.39 Å². The highest BCUT2D eigenvalue weighted by molar-refractivity contribution is 5.68. The van der Waals surface area contributed by atoms with Crippen LogP contribution in [0.2, 0.25) is 0 Å². The van der Waals surface area contributed by atoms with Crippen LogP contribution in [0.1, 0.15) is 48.3 Å². The van der Waals surface area contributed by atoms with Crippen LogP contribution in [0.15, 0.2) is 30.9 Å². The Bertz CT molecular complexity index is 983. The molecule has 1 fully saturated rings. The molecule has 0 spiro atoms. The minimum absolute atomic E-state index is 0.0101. The number of alkyl halides is 3. The number of halogens is 7. The van der Waals surface area contributed by atoms with Crippen LogP contribution in [0.4, 0.5) is 30.7 Å². The van der Waals surface area contributed by atoms with Crippen LogP contribution in [-0.2, 0) is 12.6 Å². The quantitative estimate of drug-likeness (QED) is 0.342. The molecule has 0 amide bonds. The number of fused-ring (bicyclic) bond motifs is 3. The van der Waals surface area contributed by atoms with Crippen LogP contribution in [0.3, 0.4) is 0 Å². The van der Waals surface area contributed by atoms with Gasteiger partial charge in [-0.15, -0.1) is 6.58 Å². The lowest BCUT2D eigenvalue weighted by molar-refractivity contribution is -0.142. The van der Waals surface area contributed by atoms with E-state index in [1.54, 1.807) is 0 Å². The highest BCUT2D eigenvalue weighted by Gasteiger charge is 2.39. The standard InChI is InChI=1S/C23H19F7/c1-2-11-3-5-14-12(7-11)4-6-15-16(14)10-17(24)20(22(15)27)13-8-18(25)21(19(26)9-13)23(28,29)30/h2,8-12,14H,1,3-7H2. The monoisotopic (exact) mass is 428 g/mol. The summed E-state index contributed by atoms with van der Waals surface area (Å²) in [6.45, 7) is 3.82. The van der Waals surface area contributed by atoms with Crippen LogP contribution in [0.25, 0.3) is 11.1 Å². The van der Waals surface area contributed by atoms with Gasteiger partial charge in [-0.05, 0) is 84.7 Å². The molecule has 2 aromatic rings. The maximum Gasteiger partial charge on any atom is 0.422 e. The SMILES string of the molecule is C=CC1CCC2c3cc(F)c(-c4cc(F)c(C(F)(F)F)c(F)c4)c(F)c3CCC2C1. The summed E-state index contributed by atoms with van der Waals surface area (Å²) in [5.41, 5.74) is -2.52. The van der Waals surface area contributed by atoms with Crippen LogP contribution in [0, 0.1) is 35.1 Å². The molecule has 2 aliphatic carbocycles. The topological polar surface area (TPSA) is 0 Å². The molecule has 0 N–H and O–H groups in total. The van der Waals surface area contributed by atoms with E-state index < -0.39 is 46.1 Å². The summed E-state index contributed by atoms with van der Waals surface area (Å²) in [7, 11) is 0. The third-order valence-electron chi connectivity index (χ3n) is 6.49. The highest BCUT2D eigenvalue weighted by atomic mass is 19.4. The fraction of sp³-hybridized carbons (Fsp3) is 0.391. The summed E-state index contributed by atoms with van der Waals surface area (Å²) >= 11 is 0. The lowest BCUT2D eigenvalue weighted by atomic mass is 9.65. The lowest BCUT2D eigenvalue weighted by Crippen LogP contribution is -2.28. The van der Waals surface area contributed by atoms with E-state index in [1.807, 2.05) is 6.08 Å². The van der Waals surface area contributed by atoms with E-state index in [1.165, 1.54) is 6.07 Å². The van der Waals surface area contributed by atoms with Gasteiger partial charge >= 0.3 is 6.18 Å². The third kappa shape index (κ3) is 3.42. The van der Waals surface area contributed by atoms with Crippen molar-refractivity contribution < 1.29 is 30.7 Å². The van der Waals surface area contributed by atoms with E-state index in [9.17, 15) is 26.3 Å². The number of allylic oxidation sites excluding steroid dienone is 1. The Kier molecular flexibility index (Phi) is 5.19. The second-order valence-electron chi connectivity index (χ2n) is 8.14. The molecule has 2 aromatic carbocycles. The second-order valence-corrected chi connectivity index (χ2v) is 8.14. The Labute approximate surface area is 169 Å². The molecule has 0 nitrogen and oxygen atoms in total. The van der Waals surface area contributed by atoms with Crippen molar-refractivity contribution in [2.45, 2.75) is 44.2 Å². The van der Waals surface area contributed by atoms with Gasteiger partial charge in [0.1, 0.15) is 28.8 Å². The summed E-state index contributed by atoms with van der Waals surface area (Å²) in [5, 5.41) is 0. The maximum absolute atomic E-state index is 15.3. The van der Waals surface area contributed by atoms with Gasteiger partial charge in [-0.1, -0.05) is 6.08 Å². The van der Waals surface area contributed by atoms with E-state index in [0.29, 0.717) is 36.5 Å². The van der Waals surface area contributed by atoms with E-state index in [2.05, 4.69) is 6.58 Å². The first-order valence-corrected chi connectivity index (χ1v) is 9.81. The van der Waals surface area contributed by atoms with Crippen molar-refractivity contribution in [2.75, 3.05) is 0 Å². The highest BCUT2D eigenvalue weighted by Crippen LogP contribution is 2.49. The first kappa shape index (κ1) is 20.9. The molecule has 0 radical (unpaired) electrons. The average molecular weight is 428 g/mol. The first-order valence-electron chi connectivity index (χ1n) is 9.81. The smallest absolute Gasteiger partial charge is 0.206 e. The minimum atomic E-state index is -5.25. The molecule has 0 bridgehead atoms. The van der Waals surface area contributed by atoms with Gasteiger partial charge in [-0.25, -0.2) is 17.6 Å².